The molecule has 1 amide bonds. The Kier molecular flexibility index (Phi) is 5.31. The van der Waals surface area contributed by atoms with Crippen molar-refractivity contribution in [3.8, 4) is 11.1 Å². The van der Waals surface area contributed by atoms with Crippen molar-refractivity contribution in [3.05, 3.63) is 59.7 Å². The lowest BCUT2D eigenvalue weighted by Gasteiger charge is -2.44. The average Bonchev–Trinajstić information content (AvgIpc) is 3.01. The van der Waals surface area contributed by atoms with Gasteiger partial charge in [-0.1, -0.05) is 68.3 Å². The predicted octanol–water partition coefficient (Wildman–Crippen LogP) is 4.81. The monoisotopic (exact) mass is 393 g/mol. The topological polar surface area (TPSA) is 75.6 Å². The fraction of sp³-hybridized carbons (Fsp3) is 0.417. The van der Waals surface area contributed by atoms with Crippen LogP contribution in [0.15, 0.2) is 48.5 Å². The predicted molar refractivity (Wildman–Crippen MR) is 111 cm³/mol. The molecule has 2 aliphatic rings. The van der Waals surface area contributed by atoms with E-state index in [4.69, 9.17) is 4.74 Å². The number of nitrogens with one attached hydrogen (secondary N) is 1. The highest BCUT2D eigenvalue weighted by Gasteiger charge is 2.50. The van der Waals surface area contributed by atoms with E-state index in [9.17, 15) is 14.7 Å². The maximum absolute atomic E-state index is 12.3. The summed E-state index contributed by atoms with van der Waals surface area (Å²) in [6.07, 6.45) is 2.80. The Morgan fingerprint density at radius 3 is 2.21 bits per heavy atom. The molecule has 29 heavy (non-hydrogen) atoms. The Labute approximate surface area is 171 Å². The van der Waals surface area contributed by atoms with Crippen molar-refractivity contribution >= 4 is 12.1 Å². The number of carbonyl (C=O) groups excluding carboxylic acids is 1. The number of aliphatic carboxylic acids is 1. The van der Waals surface area contributed by atoms with E-state index < -0.39 is 17.5 Å². The van der Waals surface area contributed by atoms with Crippen molar-refractivity contribution in [2.75, 3.05) is 13.2 Å². The summed E-state index contributed by atoms with van der Waals surface area (Å²) in [5.41, 5.74) is 3.83. The number of carbonyl (C=O) groups is 2. The molecule has 0 bridgehead atoms. The number of amides is 1. The van der Waals surface area contributed by atoms with E-state index in [1.54, 1.807) is 0 Å². The van der Waals surface area contributed by atoms with Crippen LogP contribution in [0.4, 0.5) is 4.79 Å². The highest BCUT2D eigenvalue weighted by atomic mass is 16.5. The second kappa shape index (κ2) is 7.90. The van der Waals surface area contributed by atoms with E-state index in [0.29, 0.717) is 18.8 Å². The molecule has 2 aliphatic carbocycles. The first-order chi connectivity index (χ1) is 14.0. The van der Waals surface area contributed by atoms with Gasteiger partial charge in [0.25, 0.3) is 0 Å². The van der Waals surface area contributed by atoms with Gasteiger partial charge in [-0.2, -0.15) is 0 Å². The third-order valence-electron chi connectivity index (χ3n) is 6.42. The molecular formula is C24H27NO4. The fourth-order valence-electron chi connectivity index (χ4n) is 4.94. The number of rotatable bonds is 7. The van der Waals surface area contributed by atoms with Crippen molar-refractivity contribution in [1.82, 2.24) is 5.32 Å². The number of benzene rings is 2. The summed E-state index contributed by atoms with van der Waals surface area (Å²) in [6, 6.07) is 16.4. The second-order valence-electron chi connectivity index (χ2n) is 8.33. The van der Waals surface area contributed by atoms with Crippen LogP contribution in [0, 0.1) is 11.3 Å². The Bertz CT molecular complexity index is 871. The SMILES string of the molecule is CCCC1CC(CNC(=O)OCC2c3ccccc3-c3ccccc32)(C(=O)O)C1. The lowest BCUT2D eigenvalue weighted by atomic mass is 9.60. The fourth-order valence-corrected chi connectivity index (χ4v) is 4.94. The van der Waals surface area contributed by atoms with Gasteiger partial charge in [0.1, 0.15) is 6.61 Å². The van der Waals surface area contributed by atoms with Gasteiger partial charge in [-0.3, -0.25) is 4.79 Å². The summed E-state index contributed by atoms with van der Waals surface area (Å²) in [5.74, 6) is -0.386. The van der Waals surface area contributed by atoms with Gasteiger partial charge in [0.15, 0.2) is 0 Å². The number of hydrogen-bond donors (Lipinski definition) is 2. The van der Waals surface area contributed by atoms with Gasteiger partial charge < -0.3 is 15.2 Å². The molecule has 152 valence electrons. The zero-order chi connectivity index (χ0) is 20.4. The van der Waals surface area contributed by atoms with E-state index in [2.05, 4.69) is 36.5 Å². The summed E-state index contributed by atoms with van der Waals surface area (Å²) in [7, 11) is 0. The molecule has 4 rings (SSSR count). The average molecular weight is 393 g/mol. The van der Waals surface area contributed by atoms with Crippen LogP contribution < -0.4 is 5.32 Å². The van der Waals surface area contributed by atoms with Gasteiger partial charge in [-0.25, -0.2) is 4.79 Å². The standard InChI is InChI=1S/C24H27NO4/c1-2-7-16-12-24(13-16,22(26)27)15-25-23(28)29-14-21-19-10-5-3-8-17(19)18-9-4-6-11-20(18)21/h3-6,8-11,16,21H,2,7,12-15H2,1H3,(H,25,28)(H,26,27). The highest BCUT2D eigenvalue weighted by molar-refractivity contribution is 5.79. The van der Waals surface area contributed by atoms with E-state index in [1.807, 2.05) is 24.3 Å². The first-order valence-electron chi connectivity index (χ1n) is 10.4. The summed E-state index contributed by atoms with van der Waals surface area (Å²) in [6.45, 7) is 2.47. The Balaban J connectivity index is 1.36. The Morgan fingerprint density at radius 1 is 1.07 bits per heavy atom. The number of fused-ring (bicyclic) bond motifs is 3. The molecule has 0 aromatic heterocycles. The molecule has 1 fully saturated rings. The quantitative estimate of drug-likeness (QED) is 0.708. The Morgan fingerprint density at radius 2 is 1.66 bits per heavy atom. The van der Waals surface area contributed by atoms with Crippen LogP contribution >= 0.6 is 0 Å². The van der Waals surface area contributed by atoms with Gasteiger partial charge in [0.2, 0.25) is 0 Å². The van der Waals surface area contributed by atoms with Crippen molar-refractivity contribution in [2.24, 2.45) is 11.3 Å². The van der Waals surface area contributed by atoms with Gasteiger partial charge in [-0.05, 0) is 41.0 Å². The molecule has 5 nitrogen and oxygen atoms in total. The normalized spacial score (nSPS) is 22.3. The lowest BCUT2D eigenvalue weighted by Crippen LogP contribution is -2.51. The molecule has 2 aromatic carbocycles. The highest BCUT2D eigenvalue weighted by Crippen LogP contribution is 2.48. The first kappa shape index (κ1) is 19.5. The summed E-state index contributed by atoms with van der Waals surface area (Å²) < 4.78 is 5.51. The zero-order valence-corrected chi connectivity index (χ0v) is 16.7. The van der Waals surface area contributed by atoms with E-state index >= 15 is 0 Å². The molecule has 0 atom stereocenters. The first-order valence-corrected chi connectivity index (χ1v) is 10.4. The number of carboxylic acid groups (broad SMARTS) is 1. The largest absolute Gasteiger partial charge is 0.481 e. The summed E-state index contributed by atoms with van der Waals surface area (Å²) >= 11 is 0. The molecule has 0 spiro atoms. The summed E-state index contributed by atoms with van der Waals surface area (Å²) in [4.78, 5) is 24.0. The minimum absolute atomic E-state index is 0.000721. The van der Waals surface area contributed by atoms with E-state index in [0.717, 1.165) is 24.0 Å². The van der Waals surface area contributed by atoms with Crippen LogP contribution in [0.3, 0.4) is 0 Å². The van der Waals surface area contributed by atoms with Gasteiger partial charge >= 0.3 is 12.1 Å². The molecule has 0 radical (unpaired) electrons. The minimum Gasteiger partial charge on any atom is -0.481 e. The second-order valence-corrected chi connectivity index (χ2v) is 8.33. The number of alkyl carbamates (subject to hydrolysis) is 1. The van der Waals surface area contributed by atoms with Crippen LogP contribution in [0.2, 0.25) is 0 Å². The molecular weight excluding hydrogens is 366 g/mol. The van der Waals surface area contributed by atoms with Crippen LogP contribution in [0.1, 0.15) is 49.7 Å². The molecule has 5 heteroatoms. The lowest BCUT2D eigenvalue weighted by molar-refractivity contribution is -0.157. The zero-order valence-electron chi connectivity index (χ0n) is 16.7. The van der Waals surface area contributed by atoms with Crippen molar-refractivity contribution in [3.63, 3.8) is 0 Å². The Hall–Kier alpha value is -2.82. The minimum atomic E-state index is -0.842. The summed E-state index contributed by atoms with van der Waals surface area (Å²) in [5, 5.41) is 12.3. The molecule has 0 heterocycles. The molecule has 0 aliphatic heterocycles. The molecule has 2 aromatic rings. The third-order valence-corrected chi connectivity index (χ3v) is 6.42. The molecule has 1 saturated carbocycles. The third kappa shape index (κ3) is 3.61. The van der Waals surface area contributed by atoms with Gasteiger partial charge in [0.05, 0.1) is 5.41 Å². The van der Waals surface area contributed by atoms with E-state index in [-0.39, 0.29) is 19.1 Å². The van der Waals surface area contributed by atoms with Crippen molar-refractivity contribution in [1.29, 1.82) is 0 Å². The number of carboxylic acids is 1. The number of ether oxygens (including phenoxy) is 1. The van der Waals surface area contributed by atoms with Crippen LogP contribution in [0.25, 0.3) is 11.1 Å². The maximum atomic E-state index is 12.3. The van der Waals surface area contributed by atoms with Crippen LogP contribution in [-0.4, -0.2) is 30.3 Å². The van der Waals surface area contributed by atoms with Crippen molar-refractivity contribution < 1.29 is 19.4 Å². The van der Waals surface area contributed by atoms with Crippen LogP contribution in [0.5, 0.6) is 0 Å². The van der Waals surface area contributed by atoms with E-state index in [1.165, 1.54) is 11.1 Å². The van der Waals surface area contributed by atoms with Gasteiger partial charge in [0, 0.05) is 12.5 Å². The molecule has 0 unspecified atom stereocenters. The van der Waals surface area contributed by atoms with Gasteiger partial charge in [-0.15, -0.1) is 0 Å². The van der Waals surface area contributed by atoms with Crippen LogP contribution in [-0.2, 0) is 9.53 Å². The number of hydrogen-bond acceptors (Lipinski definition) is 3. The smallest absolute Gasteiger partial charge is 0.407 e. The maximum Gasteiger partial charge on any atom is 0.407 e. The molecule has 2 N–H and O–H groups in total. The molecule has 0 saturated heterocycles. The van der Waals surface area contributed by atoms with Crippen molar-refractivity contribution in [2.45, 2.75) is 38.5 Å².